The first kappa shape index (κ1) is 29.9. The molecule has 3 atom stereocenters. The number of esters is 1. The molecule has 0 fully saturated rings. The number of cyclic esters (lactones) is 1. The number of allylic oxidation sites excluding steroid dienone is 2. The van der Waals surface area contributed by atoms with Crippen LogP contribution in [0.15, 0.2) is 66.7 Å². The van der Waals surface area contributed by atoms with Crippen molar-refractivity contribution in [2.45, 2.75) is 70.6 Å². The molecule has 0 saturated carbocycles. The molecule has 1 heterocycles. The predicted octanol–water partition coefficient (Wildman–Crippen LogP) is 3.86. The van der Waals surface area contributed by atoms with Gasteiger partial charge in [0.2, 0.25) is 11.8 Å². The van der Waals surface area contributed by atoms with Crippen molar-refractivity contribution >= 4 is 17.8 Å². The van der Waals surface area contributed by atoms with Crippen LogP contribution in [-0.2, 0) is 32.1 Å². The summed E-state index contributed by atoms with van der Waals surface area (Å²) in [6.45, 7) is 2.18. The van der Waals surface area contributed by atoms with Gasteiger partial charge in [-0.1, -0.05) is 54.6 Å². The number of rotatable bonds is 9. The molecule has 2 aromatic rings. The molecular formula is C31H40N2O6. The summed E-state index contributed by atoms with van der Waals surface area (Å²) in [5, 5.41) is 15.6. The molecule has 1 aliphatic heterocycles. The van der Waals surface area contributed by atoms with E-state index >= 15 is 0 Å². The minimum absolute atomic E-state index is 0.00684. The summed E-state index contributed by atoms with van der Waals surface area (Å²) < 4.78 is 11.2. The predicted molar refractivity (Wildman–Crippen MR) is 149 cm³/mol. The second-order valence-corrected chi connectivity index (χ2v) is 9.97. The van der Waals surface area contributed by atoms with Gasteiger partial charge >= 0.3 is 5.97 Å². The molecule has 0 aliphatic carbocycles. The molecule has 0 unspecified atom stereocenters. The monoisotopic (exact) mass is 536 g/mol. The smallest absolute Gasteiger partial charge is 0.306 e. The largest absolute Gasteiger partial charge is 0.489 e. The van der Waals surface area contributed by atoms with Crippen LogP contribution in [0.25, 0.3) is 0 Å². The van der Waals surface area contributed by atoms with Gasteiger partial charge < -0.3 is 25.2 Å². The molecule has 0 bridgehead atoms. The van der Waals surface area contributed by atoms with Crippen LogP contribution in [0.4, 0.5) is 0 Å². The number of carbonyl (C=O) groups is 3. The molecule has 0 spiro atoms. The Labute approximate surface area is 230 Å². The highest BCUT2D eigenvalue weighted by molar-refractivity contribution is 5.86. The standard InChI is InChI=1S/C31H40N2O6/c1-23-20-32-31(37)26(12-8-3-2-4-9-13-30(36)39-23)19-29(35)33-27(21-34)18-24-14-16-28(17-15-24)38-22-25-10-6-5-7-11-25/h3,5-8,10-11,14-17,23,26-27,34H,2,4,9,12-13,18-22H2,1H3,(H,32,37)(H,33,35)/t23-,26+,27-/m0/s1. The zero-order chi connectivity index (χ0) is 27.9. The summed E-state index contributed by atoms with van der Waals surface area (Å²) in [7, 11) is 0. The van der Waals surface area contributed by atoms with Crippen LogP contribution in [0, 0.1) is 5.92 Å². The van der Waals surface area contributed by atoms with Gasteiger partial charge in [-0.2, -0.15) is 0 Å². The molecule has 8 nitrogen and oxygen atoms in total. The van der Waals surface area contributed by atoms with Crippen LogP contribution in [-0.4, -0.2) is 48.2 Å². The van der Waals surface area contributed by atoms with E-state index in [1.54, 1.807) is 6.92 Å². The number of amides is 2. The van der Waals surface area contributed by atoms with Crippen molar-refractivity contribution in [2.24, 2.45) is 5.92 Å². The first-order chi connectivity index (χ1) is 18.9. The van der Waals surface area contributed by atoms with Crippen LogP contribution in [0.2, 0.25) is 0 Å². The lowest BCUT2D eigenvalue weighted by Gasteiger charge is -2.21. The first-order valence-corrected chi connectivity index (χ1v) is 13.7. The number of carbonyl (C=O) groups excluding carboxylic acids is 3. The zero-order valence-corrected chi connectivity index (χ0v) is 22.6. The van der Waals surface area contributed by atoms with Crippen LogP contribution >= 0.6 is 0 Å². The molecule has 0 radical (unpaired) electrons. The molecule has 3 rings (SSSR count). The van der Waals surface area contributed by atoms with Crippen LogP contribution < -0.4 is 15.4 Å². The third-order valence-electron chi connectivity index (χ3n) is 6.53. The van der Waals surface area contributed by atoms with Crippen molar-refractivity contribution in [1.82, 2.24) is 10.6 Å². The molecule has 210 valence electrons. The molecule has 2 amide bonds. The molecule has 1 aliphatic rings. The van der Waals surface area contributed by atoms with Crippen molar-refractivity contribution in [3.8, 4) is 5.75 Å². The van der Waals surface area contributed by atoms with Gasteiger partial charge in [-0.25, -0.2) is 0 Å². The van der Waals surface area contributed by atoms with E-state index < -0.39 is 18.1 Å². The number of nitrogens with one attached hydrogen (secondary N) is 2. The summed E-state index contributed by atoms with van der Waals surface area (Å²) >= 11 is 0. The van der Waals surface area contributed by atoms with Crippen molar-refractivity contribution in [1.29, 1.82) is 0 Å². The Balaban J connectivity index is 1.51. The Morgan fingerprint density at radius 2 is 1.85 bits per heavy atom. The van der Waals surface area contributed by atoms with Gasteiger partial charge in [0.25, 0.3) is 0 Å². The highest BCUT2D eigenvalue weighted by Gasteiger charge is 2.23. The zero-order valence-electron chi connectivity index (χ0n) is 22.6. The van der Waals surface area contributed by atoms with Gasteiger partial charge in [0.15, 0.2) is 0 Å². The fourth-order valence-corrected chi connectivity index (χ4v) is 4.33. The second-order valence-electron chi connectivity index (χ2n) is 9.97. The van der Waals surface area contributed by atoms with Crippen LogP contribution in [0.1, 0.15) is 56.6 Å². The summed E-state index contributed by atoms with van der Waals surface area (Å²) in [4.78, 5) is 37.6. The van der Waals surface area contributed by atoms with Crippen molar-refractivity contribution in [3.63, 3.8) is 0 Å². The minimum Gasteiger partial charge on any atom is -0.489 e. The highest BCUT2D eigenvalue weighted by Crippen LogP contribution is 2.16. The lowest BCUT2D eigenvalue weighted by molar-refractivity contribution is -0.148. The number of hydrogen-bond acceptors (Lipinski definition) is 6. The van der Waals surface area contributed by atoms with Gasteiger partial charge in [0.1, 0.15) is 18.5 Å². The minimum atomic E-state index is -0.563. The molecular weight excluding hydrogens is 496 g/mol. The molecule has 2 aromatic carbocycles. The SMILES string of the molecule is C[C@H]1CNC(=O)[C@@H](CC(=O)N[C@H](CO)Cc2ccc(OCc3ccccc3)cc2)CC=CCCCCC(=O)O1. The average Bonchev–Trinajstić information content (AvgIpc) is 2.94. The van der Waals surface area contributed by atoms with E-state index in [4.69, 9.17) is 9.47 Å². The Bertz CT molecular complexity index is 1070. The highest BCUT2D eigenvalue weighted by atomic mass is 16.5. The van der Waals surface area contributed by atoms with Crippen LogP contribution in [0.5, 0.6) is 5.75 Å². The Morgan fingerprint density at radius 1 is 1.08 bits per heavy atom. The number of aliphatic hydroxyl groups is 1. The number of benzene rings is 2. The van der Waals surface area contributed by atoms with E-state index in [0.29, 0.717) is 25.9 Å². The van der Waals surface area contributed by atoms with Gasteiger partial charge in [-0.3, -0.25) is 14.4 Å². The van der Waals surface area contributed by atoms with E-state index in [2.05, 4.69) is 10.6 Å². The molecule has 3 N–H and O–H groups in total. The maximum Gasteiger partial charge on any atom is 0.306 e. The maximum absolute atomic E-state index is 12.9. The Kier molecular flexibility index (Phi) is 12.5. The summed E-state index contributed by atoms with van der Waals surface area (Å²) in [6, 6.07) is 17.0. The number of hydrogen-bond donors (Lipinski definition) is 3. The van der Waals surface area contributed by atoms with Gasteiger partial charge in [0.05, 0.1) is 25.1 Å². The topological polar surface area (TPSA) is 114 Å². The second kappa shape index (κ2) is 16.3. The Morgan fingerprint density at radius 3 is 2.59 bits per heavy atom. The summed E-state index contributed by atoms with van der Waals surface area (Å²) in [5.74, 6) is -0.651. The normalized spacial score (nSPS) is 19.7. The van der Waals surface area contributed by atoms with E-state index in [0.717, 1.165) is 36.1 Å². The first-order valence-electron chi connectivity index (χ1n) is 13.7. The third kappa shape index (κ3) is 11.3. The molecule has 0 aromatic heterocycles. The number of aliphatic hydroxyl groups excluding tert-OH is 1. The molecule has 0 saturated heterocycles. The van der Waals surface area contributed by atoms with E-state index in [1.165, 1.54) is 0 Å². The lowest BCUT2D eigenvalue weighted by Crippen LogP contribution is -2.42. The molecule has 8 heteroatoms. The maximum atomic E-state index is 12.9. The lowest BCUT2D eigenvalue weighted by atomic mass is 9.98. The Hall–Kier alpha value is -3.65. The third-order valence-corrected chi connectivity index (χ3v) is 6.53. The van der Waals surface area contributed by atoms with Gasteiger partial charge in [-0.15, -0.1) is 0 Å². The summed E-state index contributed by atoms with van der Waals surface area (Å²) in [5.41, 5.74) is 2.03. The number of ether oxygens (including phenoxy) is 2. The van der Waals surface area contributed by atoms with E-state index in [-0.39, 0.29) is 37.4 Å². The van der Waals surface area contributed by atoms with E-state index in [9.17, 15) is 19.5 Å². The van der Waals surface area contributed by atoms with Gasteiger partial charge in [0, 0.05) is 12.8 Å². The van der Waals surface area contributed by atoms with Crippen molar-refractivity contribution in [2.75, 3.05) is 13.2 Å². The van der Waals surface area contributed by atoms with Crippen molar-refractivity contribution in [3.05, 3.63) is 77.9 Å². The van der Waals surface area contributed by atoms with E-state index in [1.807, 2.05) is 66.7 Å². The fourth-order valence-electron chi connectivity index (χ4n) is 4.33. The fraction of sp³-hybridized carbons (Fsp3) is 0.452. The summed E-state index contributed by atoms with van der Waals surface area (Å²) in [6.07, 6.45) is 7.12. The van der Waals surface area contributed by atoms with Crippen molar-refractivity contribution < 1.29 is 29.0 Å². The van der Waals surface area contributed by atoms with Gasteiger partial charge in [-0.05, 0) is 62.3 Å². The molecule has 39 heavy (non-hydrogen) atoms. The quantitative estimate of drug-likeness (QED) is 0.331. The average molecular weight is 537 g/mol. The van der Waals surface area contributed by atoms with Crippen LogP contribution in [0.3, 0.4) is 0 Å².